The van der Waals surface area contributed by atoms with Crippen LogP contribution in [0.15, 0.2) is 0 Å². The summed E-state index contributed by atoms with van der Waals surface area (Å²) in [6.07, 6.45) is 8.61. The molecule has 0 bridgehead atoms. The molecule has 0 radical (unpaired) electrons. The first-order valence-corrected chi connectivity index (χ1v) is 7.44. The van der Waals surface area contributed by atoms with Gasteiger partial charge in [-0.1, -0.05) is 52.4 Å². The molecule has 3 N–H and O–H groups in total. The highest BCUT2D eigenvalue weighted by Crippen LogP contribution is 2.15. The Balaban J connectivity index is -0.000000221. The van der Waals surface area contributed by atoms with Crippen LogP contribution in [0.1, 0.15) is 73.1 Å². The summed E-state index contributed by atoms with van der Waals surface area (Å²) >= 11 is 0. The topological polar surface area (TPSA) is 64.3 Å². The number of carbonyl (C=O) groups is 1. The van der Waals surface area contributed by atoms with Gasteiger partial charge in [-0.05, 0) is 27.8 Å². The lowest BCUT2D eigenvalue weighted by Gasteiger charge is -2.18. The van der Waals surface area contributed by atoms with Crippen molar-refractivity contribution in [3.05, 3.63) is 0 Å². The van der Waals surface area contributed by atoms with Crippen LogP contribution in [0.4, 0.5) is 4.79 Å². The van der Waals surface area contributed by atoms with Crippen molar-refractivity contribution in [2.75, 3.05) is 14.1 Å². The average molecular weight is 276 g/mol. The van der Waals surface area contributed by atoms with Crippen molar-refractivity contribution in [1.29, 1.82) is 0 Å². The van der Waals surface area contributed by atoms with E-state index in [0.29, 0.717) is 0 Å². The molecule has 1 aliphatic carbocycles. The predicted molar refractivity (Wildman–Crippen MR) is 84.5 cm³/mol. The SMILES string of the molecule is C1CCCCC1.CC.CN.CNC(=O)OC(C)(C)C. The Kier molecular flexibility index (Phi) is 21.2. The summed E-state index contributed by atoms with van der Waals surface area (Å²) in [6, 6.07) is 0. The maximum absolute atomic E-state index is 10.5. The fourth-order valence-corrected chi connectivity index (χ4v) is 1.39. The van der Waals surface area contributed by atoms with E-state index >= 15 is 0 Å². The highest BCUT2D eigenvalue weighted by atomic mass is 16.6. The molecule has 0 atom stereocenters. The van der Waals surface area contributed by atoms with Crippen LogP contribution in [-0.2, 0) is 4.74 Å². The number of ether oxygens (including phenoxy) is 1. The largest absolute Gasteiger partial charge is 0.444 e. The van der Waals surface area contributed by atoms with Gasteiger partial charge < -0.3 is 15.8 Å². The lowest BCUT2D eigenvalue weighted by atomic mass is 10.0. The van der Waals surface area contributed by atoms with Crippen LogP contribution in [0, 0.1) is 0 Å². The van der Waals surface area contributed by atoms with Gasteiger partial charge in [-0.25, -0.2) is 4.79 Å². The van der Waals surface area contributed by atoms with E-state index in [0.717, 1.165) is 0 Å². The molecule has 118 valence electrons. The zero-order chi connectivity index (χ0) is 15.7. The van der Waals surface area contributed by atoms with E-state index < -0.39 is 0 Å². The van der Waals surface area contributed by atoms with E-state index in [9.17, 15) is 4.79 Å². The minimum Gasteiger partial charge on any atom is -0.444 e. The highest BCUT2D eigenvalue weighted by molar-refractivity contribution is 5.67. The molecule has 0 aliphatic heterocycles. The summed E-state index contributed by atoms with van der Waals surface area (Å²) in [4.78, 5) is 10.5. The molecule has 0 aromatic heterocycles. The Labute approximate surface area is 120 Å². The number of nitrogens with one attached hydrogen (secondary N) is 1. The first-order chi connectivity index (χ1) is 8.95. The van der Waals surface area contributed by atoms with Crippen molar-refractivity contribution < 1.29 is 9.53 Å². The number of rotatable bonds is 0. The molecule has 0 aromatic rings. The van der Waals surface area contributed by atoms with E-state index in [2.05, 4.69) is 11.1 Å². The molecule has 1 saturated carbocycles. The maximum Gasteiger partial charge on any atom is 0.407 e. The molecule has 1 rings (SSSR count). The standard InChI is InChI=1S/C6H13NO2.C6H12.C2H6.CH5N/c1-6(2,3)9-5(8)7-4;1-2-4-6-5-3-1;2*1-2/h1-4H3,(H,7,8);1-6H2;1-2H3;2H2,1H3. The van der Waals surface area contributed by atoms with E-state index in [4.69, 9.17) is 4.74 Å². The zero-order valence-electron chi connectivity index (χ0n) is 14.1. The lowest BCUT2D eigenvalue weighted by molar-refractivity contribution is 0.0541. The van der Waals surface area contributed by atoms with Crippen LogP contribution in [-0.4, -0.2) is 25.8 Å². The van der Waals surface area contributed by atoms with Crippen LogP contribution in [0.2, 0.25) is 0 Å². The quantitative estimate of drug-likeness (QED) is 0.700. The monoisotopic (exact) mass is 276 g/mol. The van der Waals surface area contributed by atoms with Crippen LogP contribution in [0.3, 0.4) is 0 Å². The van der Waals surface area contributed by atoms with Gasteiger partial charge in [0.2, 0.25) is 0 Å². The van der Waals surface area contributed by atoms with Crippen LogP contribution in [0.5, 0.6) is 0 Å². The summed E-state index contributed by atoms with van der Waals surface area (Å²) in [5.41, 5.74) is 4.11. The lowest BCUT2D eigenvalue weighted by Crippen LogP contribution is -2.30. The summed E-state index contributed by atoms with van der Waals surface area (Å²) in [5.74, 6) is 0. The molecular weight excluding hydrogens is 240 g/mol. The van der Waals surface area contributed by atoms with E-state index in [1.54, 1.807) is 0 Å². The summed E-state index contributed by atoms with van der Waals surface area (Å²) < 4.78 is 4.84. The fraction of sp³-hybridized carbons (Fsp3) is 0.933. The number of nitrogens with two attached hydrogens (primary N) is 1. The molecule has 1 amide bonds. The van der Waals surface area contributed by atoms with Gasteiger partial charge in [0.1, 0.15) is 5.60 Å². The molecule has 1 aliphatic rings. The Morgan fingerprint density at radius 1 is 0.947 bits per heavy atom. The van der Waals surface area contributed by atoms with Crippen molar-refractivity contribution >= 4 is 6.09 Å². The molecule has 0 heterocycles. The second-order valence-electron chi connectivity index (χ2n) is 4.87. The first-order valence-electron chi connectivity index (χ1n) is 7.44. The molecule has 0 unspecified atom stereocenters. The molecule has 0 saturated heterocycles. The Bertz CT molecular complexity index is 162. The van der Waals surface area contributed by atoms with Gasteiger partial charge in [-0.15, -0.1) is 0 Å². The van der Waals surface area contributed by atoms with Crippen molar-refractivity contribution in [1.82, 2.24) is 5.32 Å². The second-order valence-corrected chi connectivity index (χ2v) is 4.87. The maximum atomic E-state index is 10.5. The summed E-state index contributed by atoms with van der Waals surface area (Å²) in [7, 11) is 3.04. The number of amides is 1. The number of alkyl carbamates (subject to hydrolysis) is 1. The van der Waals surface area contributed by atoms with Gasteiger partial charge in [0, 0.05) is 7.05 Å². The molecule has 4 nitrogen and oxygen atoms in total. The third-order valence-corrected chi connectivity index (χ3v) is 2.10. The normalized spacial score (nSPS) is 13.3. The third kappa shape index (κ3) is 26.7. The van der Waals surface area contributed by atoms with Gasteiger partial charge in [-0.3, -0.25) is 0 Å². The third-order valence-electron chi connectivity index (χ3n) is 2.10. The first kappa shape index (κ1) is 23.3. The van der Waals surface area contributed by atoms with Crippen molar-refractivity contribution in [3.63, 3.8) is 0 Å². The van der Waals surface area contributed by atoms with Gasteiger partial charge in [0.25, 0.3) is 0 Å². The predicted octanol–water partition coefficient (Wildman–Crippen LogP) is 4.08. The molecular formula is C15H36N2O2. The van der Waals surface area contributed by atoms with Crippen molar-refractivity contribution in [2.45, 2.75) is 78.7 Å². The van der Waals surface area contributed by atoms with Gasteiger partial charge >= 0.3 is 6.09 Å². The van der Waals surface area contributed by atoms with Crippen molar-refractivity contribution in [3.8, 4) is 0 Å². The Morgan fingerprint density at radius 3 is 1.32 bits per heavy atom. The summed E-state index contributed by atoms with van der Waals surface area (Å²) in [6.45, 7) is 9.47. The van der Waals surface area contributed by atoms with Gasteiger partial charge in [0.15, 0.2) is 0 Å². The fourth-order valence-electron chi connectivity index (χ4n) is 1.39. The Morgan fingerprint density at radius 2 is 1.21 bits per heavy atom. The molecule has 0 spiro atoms. The Hall–Kier alpha value is -0.770. The van der Waals surface area contributed by atoms with Crippen LogP contribution < -0.4 is 11.1 Å². The molecule has 19 heavy (non-hydrogen) atoms. The van der Waals surface area contributed by atoms with Gasteiger partial charge in [-0.2, -0.15) is 0 Å². The summed E-state index contributed by atoms with van der Waals surface area (Å²) in [5, 5.41) is 2.36. The smallest absolute Gasteiger partial charge is 0.407 e. The zero-order valence-corrected chi connectivity index (χ0v) is 14.1. The number of carbonyl (C=O) groups excluding carboxylic acids is 1. The number of hydrogen-bond acceptors (Lipinski definition) is 3. The van der Waals surface area contributed by atoms with Crippen LogP contribution >= 0.6 is 0 Å². The van der Waals surface area contributed by atoms with Crippen molar-refractivity contribution in [2.24, 2.45) is 5.73 Å². The highest BCUT2D eigenvalue weighted by Gasteiger charge is 2.13. The number of hydrogen-bond donors (Lipinski definition) is 2. The van der Waals surface area contributed by atoms with Gasteiger partial charge in [0.05, 0.1) is 0 Å². The second kappa shape index (κ2) is 17.2. The molecule has 1 fully saturated rings. The van der Waals surface area contributed by atoms with E-state index in [1.165, 1.54) is 52.6 Å². The minimum atomic E-state index is -0.389. The van der Waals surface area contributed by atoms with Crippen LogP contribution in [0.25, 0.3) is 0 Å². The average Bonchev–Trinajstić information content (AvgIpc) is 2.44. The molecule has 4 heteroatoms. The van der Waals surface area contributed by atoms with E-state index in [-0.39, 0.29) is 11.7 Å². The van der Waals surface area contributed by atoms with E-state index in [1.807, 2.05) is 34.6 Å². The molecule has 0 aromatic carbocycles. The minimum absolute atomic E-state index is 0.387.